The highest BCUT2D eigenvalue weighted by Crippen LogP contribution is 2.41. The third-order valence-electron chi connectivity index (χ3n) is 4.88. The molecule has 0 unspecified atom stereocenters. The molecule has 1 saturated heterocycles. The predicted octanol–water partition coefficient (Wildman–Crippen LogP) is 3.39. The largest absolute Gasteiger partial charge is 0.361 e. The van der Waals surface area contributed by atoms with Gasteiger partial charge in [0.05, 0.1) is 11.7 Å². The van der Waals surface area contributed by atoms with Crippen LogP contribution in [0.25, 0.3) is 0 Å². The van der Waals surface area contributed by atoms with Crippen LogP contribution in [0.2, 0.25) is 0 Å². The van der Waals surface area contributed by atoms with Crippen LogP contribution < -0.4 is 0 Å². The maximum atomic E-state index is 12.9. The average Bonchev–Trinajstić information content (AvgIpc) is 2.99. The molecule has 4 rings (SSSR count). The summed E-state index contributed by atoms with van der Waals surface area (Å²) in [4.78, 5) is 14.8. The van der Waals surface area contributed by atoms with Gasteiger partial charge in [-0.2, -0.15) is 0 Å². The number of hydrogen-bond donors (Lipinski definition) is 0. The molecule has 2 aromatic rings. The van der Waals surface area contributed by atoms with Gasteiger partial charge in [0.1, 0.15) is 11.5 Å². The molecule has 0 spiro atoms. The summed E-state index contributed by atoms with van der Waals surface area (Å²) in [5.41, 5.74) is 2.38. The third-order valence-corrected chi connectivity index (χ3v) is 4.88. The zero-order valence-electron chi connectivity index (χ0n) is 13.5. The Balaban J connectivity index is 1.61. The van der Waals surface area contributed by atoms with Crippen molar-refractivity contribution in [2.45, 2.75) is 57.9 Å². The van der Waals surface area contributed by atoms with E-state index in [-0.39, 0.29) is 11.9 Å². The molecule has 6 nitrogen and oxygen atoms in total. The summed E-state index contributed by atoms with van der Waals surface area (Å²) in [6.45, 7) is 4.73. The minimum absolute atomic E-state index is 0.0322. The maximum absolute atomic E-state index is 12.9. The van der Waals surface area contributed by atoms with E-state index in [9.17, 15) is 4.79 Å². The molecule has 2 aliphatic rings. The quantitative estimate of drug-likeness (QED) is 0.864. The van der Waals surface area contributed by atoms with Gasteiger partial charge in [-0.3, -0.25) is 4.79 Å². The number of amides is 1. The fourth-order valence-electron chi connectivity index (χ4n) is 3.51. The highest BCUT2D eigenvalue weighted by atomic mass is 16.5. The number of carbonyl (C=O) groups excluding carboxylic acids is 1. The van der Waals surface area contributed by atoms with Gasteiger partial charge >= 0.3 is 0 Å². The zero-order valence-corrected chi connectivity index (χ0v) is 13.5. The topological polar surface area (TPSA) is 72.4 Å². The number of rotatable bonds is 4. The molecule has 1 aliphatic heterocycles. The number of aromatic nitrogens is 2. The van der Waals surface area contributed by atoms with Gasteiger partial charge in [-0.15, -0.1) is 0 Å². The Bertz CT molecular complexity index is 729. The molecule has 0 N–H and O–H groups in total. The van der Waals surface area contributed by atoms with E-state index < -0.39 is 0 Å². The molecule has 1 atom stereocenters. The van der Waals surface area contributed by atoms with Gasteiger partial charge in [0.2, 0.25) is 0 Å². The van der Waals surface area contributed by atoms with E-state index in [0.29, 0.717) is 11.6 Å². The second-order valence-electron chi connectivity index (χ2n) is 6.50. The molecule has 0 radical (unpaired) electrons. The van der Waals surface area contributed by atoms with Crippen LogP contribution in [0.5, 0.6) is 0 Å². The molecule has 1 amide bonds. The van der Waals surface area contributed by atoms with Crippen LogP contribution in [0.15, 0.2) is 15.1 Å². The fourth-order valence-corrected chi connectivity index (χ4v) is 3.51. The van der Waals surface area contributed by atoms with E-state index in [0.717, 1.165) is 61.4 Å². The number of carbonyl (C=O) groups is 1. The molecule has 6 heteroatoms. The lowest BCUT2D eigenvalue weighted by molar-refractivity contribution is 0.0724. The minimum atomic E-state index is -0.0502. The van der Waals surface area contributed by atoms with Crippen LogP contribution in [0.1, 0.15) is 77.8 Å². The normalized spacial score (nSPS) is 21.1. The first kappa shape index (κ1) is 14.5. The summed E-state index contributed by atoms with van der Waals surface area (Å²) in [5.74, 6) is 2.14. The van der Waals surface area contributed by atoms with E-state index in [1.54, 1.807) is 0 Å². The first-order valence-corrected chi connectivity index (χ1v) is 8.41. The fraction of sp³-hybridized carbons (Fsp3) is 0.588. The van der Waals surface area contributed by atoms with Crippen molar-refractivity contribution in [1.82, 2.24) is 15.2 Å². The number of hydrogen-bond acceptors (Lipinski definition) is 5. The lowest BCUT2D eigenvalue weighted by Crippen LogP contribution is -2.31. The number of aryl methyl sites for hydroxylation is 2. The molecule has 1 saturated carbocycles. The molecule has 2 fully saturated rings. The lowest BCUT2D eigenvalue weighted by atomic mass is 10.0. The second kappa shape index (κ2) is 5.51. The summed E-state index contributed by atoms with van der Waals surface area (Å²) in [6, 6.07) is 1.85. The van der Waals surface area contributed by atoms with E-state index in [4.69, 9.17) is 9.05 Å². The molecule has 0 bridgehead atoms. The van der Waals surface area contributed by atoms with Crippen molar-refractivity contribution in [3.8, 4) is 0 Å². The molecule has 0 aromatic carbocycles. The summed E-state index contributed by atoms with van der Waals surface area (Å²) in [5, 5.41) is 8.08. The Morgan fingerprint density at radius 1 is 1.30 bits per heavy atom. The van der Waals surface area contributed by atoms with Crippen molar-refractivity contribution in [3.05, 3.63) is 34.5 Å². The Labute approximate surface area is 134 Å². The average molecular weight is 315 g/mol. The Morgan fingerprint density at radius 3 is 2.87 bits per heavy atom. The standard InChI is InChI=1S/C17H21N3O3/c1-3-14-16(10(2)18-22-14)13-5-4-8-20(13)17(21)12-9-15(23-19-12)11-6-7-11/h9,11,13H,3-8H2,1-2H3/t13-/m0/s1. The van der Waals surface area contributed by atoms with Gasteiger partial charge in [0.25, 0.3) is 5.91 Å². The van der Waals surface area contributed by atoms with Gasteiger partial charge in [-0.05, 0) is 32.6 Å². The van der Waals surface area contributed by atoms with Crippen LogP contribution >= 0.6 is 0 Å². The van der Waals surface area contributed by atoms with Crippen molar-refractivity contribution < 1.29 is 13.8 Å². The third kappa shape index (κ3) is 2.46. The first-order chi connectivity index (χ1) is 11.2. The number of likely N-dealkylation sites (tertiary alicyclic amines) is 1. The van der Waals surface area contributed by atoms with Gasteiger partial charge in [0, 0.05) is 30.5 Å². The van der Waals surface area contributed by atoms with Gasteiger partial charge in [-0.25, -0.2) is 0 Å². The smallest absolute Gasteiger partial charge is 0.276 e. The Morgan fingerprint density at radius 2 is 2.13 bits per heavy atom. The molecule has 1 aliphatic carbocycles. The van der Waals surface area contributed by atoms with E-state index in [2.05, 4.69) is 10.3 Å². The van der Waals surface area contributed by atoms with Crippen LogP contribution in [0, 0.1) is 6.92 Å². The highest BCUT2D eigenvalue weighted by Gasteiger charge is 2.36. The van der Waals surface area contributed by atoms with Crippen LogP contribution in [0.4, 0.5) is 0 Å². The van der Waals surface area contributed by atoms with Crippen molar-refractivity contribution in [1.29, 1.82) is 0 Å². The van der Waals surface area contributed by atoms with Gasteiger partial charge in [0.15, 0.2) is 5.69 Å². The van der Waals surface area contributed by atoms with Crippen molar-refractivity contribution in [2.24, 2.45) is 0 Å². The number of nitrogens with zero attached hydrogens (tertiary/aromatic N) is 3. The van der Waals surface area contributed by atoms with Crippen LogP contribution in [-0.2, 0) is 6.42 Å². The molecule has 2 aromatic heterocycles. The van der Waals surface area contributed by atoms with Gasteiger partial charge in [-0.1, -0.05) is 17.2 Å². The summed E-state index contributed by atoms with van der Waals surface area (Å²) >= 11 is 0. The molecular formula is C17H21N3O3. The summed E-state index contributed by atoms with van der Waals surface area (Å²) < 4.78 is 10.7. The Kier molecular flexibility index (Phi) is 3.47. The Hall–Kier alpha value is -2.11. The lowest BCUT2D eigenvalue weighted by Gasteiger charge is -2.24. The molecule has 23 heavy (non-hydrogen) atoms. The minimum Gasteiger partial charge on any atom is -0.361 e. The molecule has 122 valence electrons. The van der Waals surface area contributed by atoms with Crippen LogP contribution in [0.3, 0.4) is 0 Å². The summed E-state index contributed by atoms with van der Waals surface area (Å²) in [7, 11) is 0. The predicted molar refractivity (Wildman–Crippen MR) is 82.1 cm³/mol. The SMILES string of the molecule is CCc1onc(C)c1[C@@H]1CCCN1C(=O)c1cc(C2CC2)on1. The zero-order chi connectivity index (χ0) is 16.0. The van der Waals surface area contributed by atoms with E-state index in [1.807, 2.05) is 24.8 Å². The highest BCUT2D eigenvalue weighted by molar-refractivity contribution is 5.92. The maximum Gasteiger partial charge on any atom is 0.276 e. The second-order valence-corrected chi connectivity index (χ2v) is 6.50. The van der Waals surface area contributed by atoms with E-state index in [1.165, 1.54) is 0 Å². The molecular weight excluding hydrogens is 294 g/mol. The van der Waals surface area contributed by atoms with Crippen molar-refractivity contribution in [2.75, 3.05) is 6.54 Å². The van der Waals surface area contributed by atoms with Crippen LogP contribution in [-0.4, -0.2) is 27.7 Å². The van der Waals surface area contributed by atoms with Crippen molar-refractivity contribution >= 4 is 5.91 Å². The molecule has 3 heterocycles. The first-order valence-electron chi connectivity index (χ1n) is 8.41. The summed E-state index contributed by atoms with van der Waals surface area (Å²) in [6.07, 6.45) is 4.97. The van der Waals surface area contributed by atoms with E-state index >= 15 is 0 Å². The van der Waals surface area contributed by atoms with Crippen molar-refractivity contribution in [3.63, 3.8) is 0 Å². The monoisotopic (exact) mass is 315 g/mol. The van der Waals surface area contributed by atoms with Gasteiger partial charge < -0.3 is 13.9 Å².